The first-order valence-electron chi connectivity index (χ1n) is 4.19. The first-order chi connectivity index (χ1) is 7.93. The van der Waals surface area contributed by atoms with Crippen molar-refractivity contribution in [3.8, 4) is 0 Å². The summed E-state index contributed by atoms with van der Waals surface area (Å²) in [7, 11) is 0. The lowest BCUT2D eigenvalue weighted by molar-refractivity contribution is -0.384. The van der Waals surface area contributed by atoms with Crippen LogP contribution in [0.5, 0.6) is 0 Å². The molecule has 0 amide bonds. The Labute approximate surface area is 119 Å². The van der Waals surface area contributed by atoms with Crippen molar-refractivity contribution in [2.24, 2.45) is 0 Å². The number of benzene rings is 1. The number of nitro groups is 1. The van der Waals surface area contributed by atoms with Gasteiger partial charge in [0.2, 0.25) is 0 Å². The van der Waals surface area contributed by atoms with Gasteiger partial charge in [-0.05, 0) is 22.0 Å². The summed E-state index contributed by atoms with van der Waals surface area (Å²) in [5, 5.41) is 11.3. The van der Waals surface area contributed by atoms with Gasteiger partial charge in [0.1, 0.15) is 11.2 Å². The van der Waals surface area contributed by atoms with Crippen LogP contribution in [-0.2, 0) is 0 Å². The largest absolute Gasteiger partial charge is 0.306 e. The first-order valence-corrected chi connectivity index (χ1v) is 6.12. The van der Waals surface area contributed by atoms with Crippen molar-refractivity contribution >= 4 is 67.3 Å². The van der Waals surface area contributed by atoms with Crippen LogP contribution in [0.2, 0.25) is 15.1 Å². The second-order valence-corrected chi connectivity index (χ2v) is 5.08. The SMILES string of the molecule is O=[N+]([O-])c1cnc2cc(Br)c(Cl)c(Cl)c2c1Cl. The molecule has 0 aliphatic heterocycles. The van der Waals surface area contributed by atoms with Crippen molar-refractivity contribution in [3.63, 3.8) is 0 Å². The van der Waals surface area contributed by atoms with Crippen LogP contribution in [-0.4, -0.2) is 9.91 Å². The smallest absolute Gasteiger partial charge is 0.258 e. The zero-order valence-electron chi connectivity index (χ0n) is 7.88. The van der Waals surface area contributed by atoms with E-state index in [1.807, 2.05) is 0 Å². The lowest BCUT2D eigenvalue weighted by Gasteiger charge is -2.06. The summed E-state index contributed by atoms with van der Waals surface area (Å²) in [6, 6.07) is 1.60. The average Bonchev–Trinajstić information content (AvgIpc) is 2.25. The number of nitrogens with zero attached hydrogens (tertiary/aromatic N) is 2. The molecule has 0 N–H and O–H groups in total. The zero-order valence-corrected chi connectivity index (χ0v) is 11.7. The summed E-state index contributed by atoms with van der Waals surface area (Å²) in [6.07, 6.45) is 1.08. The predicted octanol–water partition coefficient (Wildman–Crippen LogP) is 4.87. The summed E-state index contributed by atoms with van der Waals surface area (Å²) in [5.41, 5.74) is 0.126. The number of aromatic nitrogens is 1. The number of fused-ring (bicyclic) bond motifs is 1. The molecule has 0 fully saturated rings. The molecule has 0 saturated carbocycles. The minimum absolute atomic E-state index is 0.0700. The van der Waals surface area contributed by atoms with Crippen LogP contribution in [0.4, 0.5) is 5.69 Å². The van der Waals surface area contributed by atoms with Crippen LogP contribution in [0.1, 0.15) is 0 Å². The molecule has 0 atom stereocenters. The molecule has 17 heavy (non-hydrogen) atoms. The second-order valence-electron chi connectivity index (χ2n) is 3.10. The Hall–Kier alpha value is -0.620. The summed E-state index contributed by atoms with van der Waals surface area (Å²) in [5.74, 6) is 0. The third-order valence-corrected chi connectivity index (χ3v) is 4.21. The molecule has 0 bridgehead atoms. The van der Waals surface area contributed by atoms with Crippen LogP contribution in [0.15, 0.2) is 16.7 Å². The summed E-state index contributed by atoms with van der Waals surface area (Å²) in [4.78, 5) is 14.0. The number of hydrogen-bond acceptors (Lipinski definition) is 3. The van der Waals surface area contributed by atoms with Crippen LogP contribution in [0.3, 0.4) is 0 Å². The van der Waals surface area contributed by atoms with Gasteiger partial charge < -0.3 is 0 Å². The molecule has 0 aliphatic rings. The number of rotatable bonds is 1. The van der Waals surface area contributed by atoms with Crippen LogP contribution < -0.4 is 0 Å². The highest BCUT2D eigenvalue weighted by molar-refractivity contribution is 9.10. The van der Waals surface area contributed by atoms with Gasteiger partial charge in [0.05, 0.1) is 20.5 Å². The Balaban J connectivity index is 2.95. The number of halogens is 4. The zero-order chi connectivity index (χ0) is 12.7. The Kier molecular flexibility index (Phi) is 3.45. The van der Waals surface area contributed by atoms with Crippen LogP contribution in [0.25, 0.3) is 10.9 Å². The van der Waals surface area contributed by atoms with E-state index in [1.165, 1.54) is 0 Å². The van der Waals surface area contributed by atoms with Crippen molar-refractivity contribution in [2.75, 3.05) is 0 Å². The monoisotopic (exact) mass is 354 g/mol. The fraction of sp³-hybridized carbons (Fsp3) is 0. The van der Waals surface area contributed by atoms with Gasteiger partial charge in [-0.3, -0.25) is 10.1 Å². The third-order valence-electron chi connectivity index (χ3n) is 2.11. The standard InChI is InChI=1S/C9H2BrCl3N2O2/c10-3-1-4-6(9(13)7(3)11)8(12)5(2-14-4)15(16)17/h1-2H. The summed E-state index contributed by atoms with van der Waals surface area (Å²) >= 11 is 21.1. The fourth-order valence-electron chi connectivity index (χ4n) is 1.34. The molecule has 88 valence electrons. The topological polar surface area (TPSA) is 56.0 Å². The molecular formula is C9H2BrCl3N2O2. The maximum Gasteiger partial charge on any atom is 0.306 e. The quantitative estimate of drug-likeness (QED) is 0.416. The Morgan fingerprint density at radius 2 is 1.88 bits per heavy atom. The molecule has 2 aromatic rings. The molecule has 1 aromatic carbocycles. The van der Waals surface area contributed by atoms with E-state index >= 15 is 0 Å². The average molecular weight is 356 g/mol. The highest BCUT2D eigenvalue weighted by Gasteiger charge is 2.20. The van der Waals surface area contributed by atoms with Crippen LogP contribution >= 0.6 is 50.7 Å². The molecule has 0 spiro atoms. The second kappa shape index (κ2) is 4.57. The lowest BCUT2D eigenvalue weighted by Crippen LogP contribution is -1.93. The van der Waals surface area contributed by atoms with Crippen molar-refractivity contribution in [2.45, 2.75) is 0 Å². The molecule has 1 aromatic heterocycles. The van der Waals surface area contributed by atoms with Crippen molar-refractivity contribution in [1.29, 1.82) is 0 Å². The highest BCUT2D eigenvalue weighted by atomic mass is 79.9. The van der Waals surface area contributed by atoms with Crippen molar-refractivity contribution in [3.05, 3.63) is 41.9 Å². The molecule has 1 heterocycles. The van der Waals surface area contributed by atoms with Gasteiger partial charge in [0, 0.05) is 9.86 Å². The third kappa shape index (κ3) is 2.08. The lowest BCUT2D eigenvalue weighted by atomic mass is 10.2. The van der Waals surface area contributed by atoms with Gasteiger partial charge in [0.25, 0.3) is 0 Å². The Bertz CT molecular complexity index is 648. The van der Waals surface area contributed by atoms with E-state index in [2.05, 4.69) is 20.9 Å². The van der Waals surface area contributed by atoms with Crippen molar-refractivity contribution < 1.29 is 4.92 Å². The molecule has 8 heteroatoms. The van der Waals surface area contributed by atoms with Gasteiger partial charge in [-0.1, -0.05) is 34.8 Å². The Morgan fingerprint density at radius 1 is 1.24 bits per heavy atom. The van der Waals surface area contributed by atoms with Crippen LogP contribution in [0, 0.1) is 10.1 Å². The summed E-state index contributed by atoms with van der Waals surface area (Å²) < 4.78 is 0.550. The maximum absolute atomic E-state index is 10.7. The van der Waals surface area contributed by atoms with Gasteiger partial charge in [-0.15, -0.1) is 0 Å². The van der Waals surface area contributed by atoms with E-state index in [-0.39, 0.29) is 26.1 Å². The van der Waals surface area contributed by atoms with E-state index in [0.29, 0.717) is 9.99 Å². The van der Waals surface area contributed by atoms with Gasteiger partial charge in [-0.25, -0.2) is 4.98 Å². The molecule has 0 aliphatic carbocycles. The molecule has 2 rings (SSSR count). The van der Waals surface area contributed by atoms with Gasteiger partial charge in [0.15, 0.2) is 0 Å². The van der Waals surface area contributed by atoms with E-state index in [1.54, 1.807) is 6.07 Å². The molecule has 0 saturated heterocycles. The normalized spacial score (nSPS) is 10.8. The highest BCUT2D eigenvalue weighted by Crippen LogP contribution is 2.41. The van der Waals surface area contributed by atoms with E-state index in [9.17, 15) is 10.1 Å². The van der Waals surface area contributed by atoms with Gasteiger partial charge >= 0.3 is 5.69 Å². The minimum atomic E-state index is -0.624. The first kappa shape index (κ1) is 12.8. The summed E-state index contributed by atoms with van der Waals surface area (Å²) in [6.45, 7) is 0. The van der Waals surface area contributed by atoms with E-state index in [0.717, 1.165) is 6.20 Å². The van der Waals surface area contributed by atoms with E-state index < -0.39 is 4.92 Å². The number of pyridine rings is 1. The van der Waals surface area contributed by atoms with Crippen molar-refractivity contribution in [1.82, 2.24) is 4.98 Å². The van der Waals surface area contributed by atoms with E-state index in [4.69, 9.17) is 34.8 Å². The maximum atomic E-state index is 10.7. The molecule has 4 nitrogen and oxygen atoms in total. The molecule has 0 radical (unpaired) electrons. The fourth-order valence-corrected chi connectivity index (χ4v) is 2.66. The Morgan fingerprint density at radius 3 is 2.47 bits per heavy atom. The van der Waals surface area contributed by atoms with Gasteiger partial charge in [-0.2, -0.15) is 0 Å². The number of hydrogen-bond donors (Lipinski definition) is 0. The predicted molar refractivity (Wildman–Crippen MR) is 71.1 cm³/mol. The molecule has 0 unspecified atom stereocenters. The molecular weight excluding hydrogens is 354 g/mol. The minimum Gasteiger partial charge on any atom is -0.258 e.